The van der Waals surface area contributed by atoms with E-state index < -0.39 is 0 Å². The van der Waals surface area contributed by atoms with Crippen molar-refractivity contribution in [1.82, 2.24) is 9.78 Å². The number of benzene rings is 2. The molecule has 136 valence electrons. The van der Waals surface area contributed by atoms with E-state index in [2.05, 4.69) is 29.5 Å². The first-order chi connectivity index (χ1) is 13.0. The van der Waals surface area contributed by atoms with Gasteiger partial charge in [0.1, 0.15) is 0 Å². The first-order valence-electron chi connectivity index (χ1n) is 8.90. The summed E-state index contributed by atoms with van der Waals surface area (Å²) in [6.45, 7) is 6.73. The molecule has 1 amide bonds. The normalized spacial score (nSPS) is 11.1. The molecule has 0 radical (unpaired) electrons. The molecule has 2 heterocycles. The molecule has 4 nitrogen and oxygen atoms in total. The molecule has 5 heteroatoms. The maximum absolute atomic E-state index is 12.9. The van der Waals surface area contributed by atoms with Crippen LogP contribution in [0.1, 0.15) is 32.9 Å². The molecule has 0 saturated carbocycles. The Kier molecular flexibility index (Phi) is 4.54. The Morgan fingerprint density at radius 1 is 1.07 bits per heavy atom. The van der Waals surface area contributed by atoms with Gasteiger partial charge in [-0.15, -0.1) is 11.3 Å². The van der Waals surface area contributed by atoms with Gasteiger partial charge in [-0.3, -0.25) is 9.48 Å². The van der Waals surface area contributed by atoms with Crippen LogP contribution in [-0.4, -0.2) is 15.7 Å². The number of thiophene rings is 1. The summed E-state index contributed by atoms with van der Waals surface area (Å²) >= 11 is 1.59. The van der Waals surface area contributed by atoms with Gasteiger partial charge in [0.2, 0.25) is 0 Å². The van der Waals surface area contributed by atoms with E-state index in [0.717, 1.165) is 27.2 Å². The van der Waals surface area contributed by atoms with Gasteiger partial charge in [0.15, 0.2) is 0 Å². The summed E-state index contributed by atoms with van der Waals surface area (Å²) in [6.07, 6.45) is 0. The van der Waals surface area contributed by atoms with E-state index in [0.29, 0.717) is 12.1 Å². The third-order valence-corrected chi connectivity index (χ3v) is 5.89. The smallest absolute Gasteiger partial charge is 0.257 e. The van der Waals surface area contributed by atoms with Crippen LogP contribution in [-0.2, 0) is 6.54 Å². The van der Waals surface area contributed by atoms with Gasteiger partial charge in [-0.2, -0.15) is 5.10 Å². The summed E-state index contributed by atoms with van der Waals surface area (Å²) in [5.74, 6) is -0.0888. The number of carbonyl (C=O) groups is 1. The van der Waals surface area contributed by atoms with Crippen molar-refractivity contribution < 1.29 is 4.79 Å². The van der Waals surface area contributed by atoms with E-state index >= 15 is 0 Å². The van der Waals surface area contributed by atoms with Crippen molar-refractivity contribution in [2.75, 3.05) is 5.32 Å². The fourth-order valence-corrected chi connectivity index (χ4v) is 4.26. The zero-order valence-electron chi connectivity index (χ0n) is 15.6. The highest BCUT2D eigenvalue weighted by Crippen LogP contribution is 2.28. The second kappa shape index (κ2) is 7.00. The molecule has 0 unspecified atom stereocenters. The molecular weight excluding hydrogens is 354 g/mol. The maximum atomic E-state index is 12.9. The average molecular weight is 375 g/mol. The van der Waals surface area contributed by atoms with Gasteiger partial charge in [-0.05, 0) is 38.0 Å². The lowest BCUT2D eigenvalue weighted by molar-refractivity contribution is 0.102. The van der Waals surface area contributed by atoms with Crippen molar-refractivity contribution in [1.29, 1.82) is 0 Å². The van der Waals surface area contributed by atoms with Crippen LogP contribution < -0.4 is 5.32 Å². The zero-order valence-corrected chi connectivity index (χ0v) is 16.4. The minimum atomic E-state index is -0.0888. The van der Waals surface area contributed by atoms with Crippen LogP contribution in [0.4, 0.5) is 5.69 Å². The first kappa shape index (κ1) is 17.5. The van der Waals surface area contributed by atoms with Gasteiger partial charge in [0, 0.05) is 15.5 Å². The summed E-state index contributed by atoms with van der Waals surface area (Å²) in [7, 11) is 0. The number of aromatic nitrogens is 2. The molecule has 4 aromatic rings. The lowest BCUT2D eigenvalue weighted by Gasteiger charge is -2.09. The number of rotatable bonds is 4. The van der Waals surface area contributed by atoms with Crippen LogP contribution in [0, 0.1) is 20.8 Å². The molecule has 0 saturated heterocycles. The molecule has 0 fully saturated rings. The lowest BCUT2D eigenvalue weighted by atomic mass is 10.1. The number of nitrogens with zero attached hydrogens (tertiary/aromatic N) is 2. The van der Waals surface area contributed by atoms with Crippen molar-refractivity contribution >= 4 is 33.0 Å². The van der Waals surface area contributed by atoms with Crippen LogP contribution in [0.5, 0.6) is 0 Å². The fraction of sp³-hybridized carbons (Fsp3) is 0.182. The van der Waals surface area contributed by atoms with Crippen LogP contribution in [0.15, 0.2) is 53.9 Å². The highest BCUT2D eigenvalue weighted by atomic mass is 32.1. The number of fused-ring (bicyclic) bond motifs is 1. The quantitative estimate of drug-likeness (QED) is 0.524. The van der Waals surface area contributed by atoms with E-state index in [1.165, 1.54) is 11.1 Å². The van der Waals surface area contributed by atoms with Crippen molar-refractivity contribution in [3.05, 3.63) is 82.0 Å². The van der Waals surface area contributed by atoms with Crippen LogP contribution in [0.3, 0.4) is 0 Å². The van der Waals surface area contributed by atoms with Gasteiger partial charge in [-0.1, -0.05) is 42.5 Å². The number of amides is 1. The molecule has 4 rings (SSSR count). The van der Waals surface area contributed by atoms with Crippen LogP contribution in [0.25, 0.3) is 10.1 Å². The minimum absolute atomic E-state index is 0.0888. The van der Waals surface area contributed by atoms with Crippen molar-refractivity contribution in [2.24, 2.45) is 0 Å². The number of aryl methyl sites for hydroxylation is 2. The van der Waals surface area contributed by atoms with E-state index in [4.69, 9.17) is 0 Å². The van der Waals surface area contributed by atoms with Gasteiger partial charge < -0.3 is 5.32 Å². The highest BCUT2D eigenvalue weighted by molar-refractivity contribution is 7.17. The molecule has 1 N–H and O–H groups in total. The third kappa shape index (κ3) is 3.26. The summed E-state index contributed by atoms with van der Waals surface area (Å²) in [4.78, 5) is 12.9. The molecule has 0 aliphatic rings. The van der Waals surface area contributed by atoms with E-state index in [-0.39, 0.29) is 5.91 Å². The van der Waals surface area contributed by atoms with Crippen molar-refractivity contribution in [2.45, 2.75) is 27.3 Å². The minimum Gasteiger partial charge on any atom is -0.319 e. The van der Waals surface area contributed by atoms with Gasteiger partial charge >= 0.3 is 0 Å². The van der Waals surface area contributed by atoms with E-state index in [1.54, 1.807) is 11.3 Å². The summed E-state index contributed by atoms with van der Waals surface area (Å²) < 4.78 is 3.07. The molecule has 2 aromatic heterocycles. The molecule has 27 heavy (non-hydrogen) atoms. The Morgan fingerprint density at radius 3 is 2.63 bits per heavy atom. The standard InChI is InChI=1S/C22H21N3OS/c1-14-8-4-5-9-17(14)12-25-16(3)21(15(2)24-25)23-22(26)19-13-27-20-11-7-6-10-18(19)20/h4-11,13H,12H2,1-3H3,(H,23,26). The van der Waals surface area contributed by atoms with Crippen LogP contribution in [0.2, 0.25) is 0 Å². The molecule has 2 aromatic carbocycles. The number of hydrogen-bond acceptors (Lipinski definition) is 3. The molecular formula is C22H21N3OS. The fourth-order valence-electron chi connectivity index (χ4n) is 3.32. The van der Waals surface area contributed by atoms with Gasteiger partial charge in [0.25, 0.3) is 5.91 Å². The lowest BCUT2D eigenvalue weighted by Crippen LogP contribution is -2.13. The second-order valence-corrected chi connectivity index (χ2v) is 7.64. The Labute approximate surface area is 162 Å². The highest BCUT2D eigenvalue weighted by Gasteiger charge is 2.18. The summed E-state index contributed by atoms with van der Waals surface area (Å²) in [5.41, 5.74) is 5.76. The number of carbonyl (C=O) groups excluding carboxylic acids is 1. The topological polar surface area (TPSA) is 46.9 Å². The molecule has 0 aliphatic heterocycles. The third-order valence-electron chi connectivity index (χ3n) is 4.93. The van der Waals surface area contributed by atoms with E-state index in [1.807, 2.05) is 60.3 Å². The number of hydrogen-bond donors (Lipinski definition) is 1. The zero-order chi connectivity index (χ0) is 19.0. The Balaban J connectivity index is 1.62. The Hall–Kier alpha value is -2.92. The van der Waals surface area contributed by atoms with Crippen molar-refractivity contribution in [3.63, 3.8) is 0 Å². The Morgan fingerprint density at radius 2 is 1.81 bits per heavy atom. The average Bonchev–Trinajstić information content (AvgIpc) is 3.20. The van der Waals surface area contributed by atoms with Crippen LogP contribution >= 0.6 is 11.3 Å². The largest absolute Gasteiger partial charge is 0.319 e. The summed E-state index contributed by atoms with van der Waals surface area (Å²) in [6, 6.07) is 16.3. The monoisotopic (exact) mass is 375 g/mol. The molecule has 0 atom stereocenters. The molecule has 0 aliphatic carbocycles. The molecule has 0 spiro atoms. The SMILES string of the molecule is Cc1ccccc1Cn1nc(C)c(NC(=O)c2csc3ccccc23)c1C. The number of anilines is 1. The maximum Gasteiger partial charge on any atom is 0.257 e. The van der Waals surface area contributed by atoms with Gasteiger partial charge in [-0.25, -0.2) is 0 Å². The van der Waals surface area contributed by atoms with E-state index in [9.17, 15) is 4.79 Å². The summed E-state index contributed by atoms with van der Waals surface area (Å²) in [5, 5.41) is 10.6. The van der Waals surface area contributed by atoms with Crippen molar-refractivity contribution in [3.8, 4) is 0 Å². The predicted octanol–water partition coefficient (Wildman–Crippen LogP) is 5.32. The number of nitrogens with one attached hydrogen (secondary N) is 1. The predicted molar refractivity (Wildman–Crippen MR) is 112 cm³/mol. The van der Waals surface area contributed by atoms with Gasteiger partial charge in [0.05, 0.1) is 29.2 Å². The first-order valence-corrected chi connectivity index (χ1v) is 9.78. The second-order valence-electron chi connectivity index (χ2n) is 6.73. The Bertz CT molecular complexity index is 1140. The molecule has 0 bridgehead atoms.